The van der Waals surface area contributed by atoms with E-state index in [1.54, 1.807) is 0 Å². The van der Waals surface area contributed by atoms with Gasteiger partial charge in [0, 0.05) is 51.0 Å². The third kappa shape index (κ3) is 19.7. The third-order valence-corrected chi connectivity index (χ3v) is 11.3. The topological polar surface area (TPSA) is 420 Å². The Balaban J connectivity index is 2.47. The average molecular weight is 937 g/mol. The van der Waals surface area contributed by atoms with E-state index in [2.05, 4.69) is 41.2 Å². The zero-order chi connectivity index (χ0) is 48.1. The predicted molar refractivity (Wildman–Crippen MR) is 224 cm³/mol. The number of hydrogen-bond donors (Lipinski definition) is 10. The Hall–Kier alpha value is -6.45. The fourth-order valence-corrected chi connectivity index (χ4v) is 7.59. The summed E-state index contributed by atoms with van der Waals surface area (Å²) in [6.45, 7) is 0.853. The molecule has 0 fully saturated rings. The van der Waals surface area contributed by atoms with Gasteiger partial charge < -0.3 is 53.2 Å². The Labute approximate surface area is 372 Å². The van der Waals surface area contributed by atoms with Crippen LogP contribution in [0.5, 0.6) is 0 Å². The number of nitrogens with two attached hydrogens (primary N) is 2. The molecule has 0 aromatic carbocycles. The number of thioether (sulfide) groups is 2. The number of rotatable bonds is 30. The average Bonchev–Trinajstić information content (AvgIpc) is 3.24. The molecular formula is C37H48N10O15S2. The second kappa shape index (κ2) is 26.9. The highest BCUT2D eigenvalue weighted by Crippen LogP contribution is 2.36. The maximum atomic E-state index is 14.1. The fraction of sp³-hybridized carbons (Fsp3) is 0.486. The zero-order valence-corrected chi connectivity index (χ0v) is 36.0. The Morgan fingerprint density at radius 3 is 1.22 bits per heavy atom. The van der Waals surface area contributed by atoms with Gasteiger partial charge in [-0.2, -0.15) is 0 Å². The van der Waals surface area contributed by atoms with E-state index in [1.807, 2.05) is 0 Å². The van der Waals surface area contributed by atoms with Crippen LogP contribution in [0.15, 0.2) is 24.8 Å². The van der Waals surface area contributed by atoms with Crippen molar-refractivity contribution in [3.05, 3.63) is 47.6 Å². The first-order valence-corrected chi connectivity index (χ1v) is 21.1. The molecule has 2 aromatic heterocycles. The number of carbonyl (C=O) groups excluding carboxylic acids is 7. The van der Waals surface area contributed by atoms with E-state index in [0.717, 1.165) is 35.9 Å². The summed E-state index contributed by atoms with van der Waals surface area (Å²) in [5, 5.41) is 43.6. The second-order valence-electron chi connectivity index (χ2n) is 13.8. The van der Waals surface area contributed by atoms with Crippen molar-refractivity contribution in [2.24, 2.45) is 11.5 Å². The second-order valence-corrected chi connectivity index (χ2v) is 16.3. The van der Waals surface area contributed by atoms with Gasteiger partial charge in [0.25, 0.3) is 0 Å². The highest BCUT2D eigenvalue weighted by atomic mass is 32.2. The van der Waals surface area contributed by atoms with E-state index >= 15 is 0 Å². The molecule has 25 nitrogen and oxygen atoms in total. The molecule has 0 radical (unpaired) electrons. The highest BCUT2D eigenvalue weighted by molar-refractivity contribution is 7.99. The van der Waals surface area contributed by atoms with Gasteiger partial charge in [-0.05, 0) is 12.8 Å². The predicted octanol–water partition coefficient (Wildman–Crippen LogP) is -1.97. The zero-order valence-electron chi connectivity index (χ0n) is 34.4. The van der Waals surface area contributed by atoms with E-state index in [4.69, 9.17) is 31.9 Å². The van der Waals surface area contributed by atoms with Crippen LogP contribution in [0.4, 0.5) is 0 Å². The molecule has 12 N–H and O–H groups in total. The van der Waals surface area contributed by atoms with Crippen molar-refractivity contribution >= 4 is 88.4 Å². The van der Waals surface area contributed by atoms with Crippen LogP contribution in [0.25, 0.3) is 0 Å². The van der Waals surface area contributed by atoms with E-state index in [9.17, 15) is 52.7 Å². The number of nitrogens with one attached hydrogen (secondary N) is 4. The normalized spacial score (nSPS) is 13.7. The van der Waals surface area contributed by atoms with Gasteiger partial charge in [0.1, 0.15) is 54.4 Å². The highest BCUT2D eigenvalue weighted by Gasteiger charge is 2.30. The minimum atomic E-state index is -1.43. The lowest BCUT2D eigenvalue weighted by Crippen LogP contribution is -2.49. The molecule has 0 aliphatic heterocycles. The van der Waals surface area contributed by atoms with E-state index in [0.29, 0.717) is 0 Å². The van der Waals surface area contributed by atoms with Crippen LogP contribution >= 0.6 is 23.5 Å². The van der Waals surface area contributed by atoms with Crippen molar-refractivity contribution in [1.29, 1.82) is 0 Å². The lowest BCUT2D eigenvalue weighted by molar-refractivity contribution is -0.140. The molecule has 348 valence electrons. The summed E-state index contributed by atoms with van der Waals surface area (Å²) in [7, 11) is 0. The number of carboxylic acids is 4. The smallest absolute Gasteiger partial charge is 0.322 e. The summed E-state index contributed by atoms with van der Waals surface area (Å²) in [4.78, 5) is 151. The van der Waals surface area contributed by atoms with Gasteiger partial charge in [0.2, 0.25) is 23.6 Å². The first-order valence-electron chi connectivity index (χ1n) is 19.0. The van der Waals surface area contributed by atoms with Crippen LogP contribution in [0, 0.1) is 0 Å². The molecule has 0 saturated heterocycles. The number of carbonyl (C=O) groups is 11. The van der Waals surface area contributed by atoms with E-state index in [-0.39, 0.29) is 60.0 Å². The van der Waals surface area contributed by atoms with E-state index in [1.165, 1.54) is 26.2 Å². The molecule has 2 rings (SSSR count). The molecule has 0 saturated carbocycles. The summed E-state index contributed by atoms with van der Waals surface area (Å²) in [6.07, 6.45) is 2.59. The van der Waals surface area contributed by atoms with Gasteiger partial charge in [-0.15, -0.1) is 23.5 Å². The number of hydrogen-bond acceptors (Lipinski definition) is 19. The van der Waals surface area contributed by atoms with Crippen LogP contribution in [-0.4, -0.2) is 154 Å². The van der Waals surface area contributed by atoms with Crippen molar-refractivity contribution in [3.8, 4) is 0 Å². The molecule has 0 spiro atoms. The third-order valence-electron chi connectivity index (χ3n) is 8.61. The van der Waals surface area contributed by atoms with Crippen molar-refractivity contribution in [3.63, 3.8) is 0 Å². The van der Waals surface area contributed by atoms with Gasteiger partial charge in [0.05, 0.1) is 46.7 Å². The van der Waals surface area contributed by atoms with Crippen LogP contribution in [0.1, 0.15) is 95.2 Å². The molecule has 2 unspecified atom stereocenters. The number of nitrogens with zero attached hydrogens (tertiary/aromatic N) is 4. The molecule has 0 bridgehead atoms. The SMILES string of the molecule is CC(=O)c1cnc(C(CC(=O)CC(SC[C@H](NC(=O)CC[C@H](N)C(=O)O)C(=O)NCC(=O)O)c2cnc(C(C)=O)cn2)SC[C@H](NC(=O)CC[C@@H](N)C(=O)O)C(=O)NCC(=O)O)cn1. The number of amides is 4. The quantitative estimate of drug-likeness (QED) is 0.0380. The molecule has 2 aromatic rings. The number of aliphatic carboxylic acids is 4. The van der Waals surface area contributed by atoms with Crippen molar-refractivity contribution in [1.82, 2.24) is 41.2 Å². The molecule has 0 aliphatic rings. The molecule has 0 aliphatic carbocycles. The van der Waals surface area contributed by atoms with Gasteiger partial charge >= 0.3 is 23.9 Å². The summed E-state index contributed by atoms with van der Waals surface area (Å²) < 4.78 is 0. The maximum absolute atomic E-state index is 14.1. The first-order chi connectivity index (χ1) is 30.1. The minimum Gasteiger partial charge on any atom is -0.480 e. The molecule has 4 amide bonds. The van der Waals surface area contributed by atoms with Gasteiger partial charge in [-0.3, -0.25) is 62.7 Å². The molecule has 64 heavy (non-hydrogen) atoms. The largest absolute Gasteiger partial charge is 0.480 e. The summed E-state index contributed by atoms with van der Waals surface area (Å²) in [5.41, 5.74) is 11.2. The number of aromatic nitrogens is 4. The van der Waals surface area contributed by atoms with Gasteiger partial charge in [0.15, 0.2) is 11.6 Å². The Bertz CT molecular complexity index is 1900. The standard InChI is InChI=1S/C37H48N10O15S2/c1-17(48)22-9-42-24(11-40-22)28(63-15-26(34(57)44-13-32(53)54)46-30(51)5-3-20(38)36(59)60)7-19(50)8-29(25-12-41-23(10-43-25)18(2)49)64-16-27(35(58)45-14-33(55)56)47-31(52)6-4-21(39)37(61)62/h9-12,20-21,26-29H,3-8,13-16,38-39H2,1-2H3,(H,44,57)(H,45,58)(H,46,51)(H,47,52)(H,53,54)(H,55,56)(H,59,60)(H,61,62)/t20-,21+,26-,27-,28?,29?/m0/s1. The number of carboxylic acid groups (broad SMARTS) is 4. The van der Waals surface area contributed by atoms with Crippen molar-refractivity contribution in [2.75, 3.05) is 24.6 Å². The van der Waals surface area contributed by atoms with Crippen LogP contribution in [0.2, 0.25) is 0 Å². The number of ketones is 3. The Kier molecular flexibility index (Phi) is 22.6. The molecule has 27 heteroatoms. The van der Waals surface area contributed by atoms with Crippen molar-refractivity contribution < 1.29 is 73.2 Å². The summed E-state index contributed by atoms with van der Waals surface area (Å²) in [5.74, 6) is -11.0. The fourth-order valence-electron chi connectivity index (χ4n) is 5.08. The van der Waals surface area contributed by atoms with Crippen LogP contribution in [0.3, 0.4) is 0 Å². The van der Waals surface area contributed by atoms with Crippen molar-refractivity contribution in [2.45, 2.75) is 87.0 Å². The monoisotopic (exact) mass is 936 g/mol. The Morgan fingerprint density at radius 1 is 0.578 bits per heavy atom. The first kappa shape index (κ1) is 53.7. The maximum Gasteiger partial charge on any atom is 0.322 e. The molecular weight excluding hydrogens is 889 g/mol. The van der Waals surface area contributed by atoms with Gasteiger partial charge in [-0.25, -0.2) is 9.97 Å². The summed E-state index contributed by atoms with van der Waals surface area (Å²) >= 11 is 1.83. The molecule has 2 heterocycles. The van der Waals surface area contributed by atoms with Crippen LogP contribution < -0.4 is 32.7 Å². The van der Waals surface area contributed by atoms with Crippen LogP contribution in [-0.2, 0) is 43.2 Å². The number of Topliss-reactive ketones (excluding diaryl/α,β-unsaturated/α-hetero) is 3. The summed E-state index contributed by atoms with van der Waals surface area (Å²) in [6, 6.07) is -5.64. The van der Waals surface area contributed by atoms with E-state index < -0.39 is 125 Å². The Morgan fingerprint density at radius 2 is 0.938 bits per heavy atom. The lowest BCUT2D eigenvalue weighted by atomic mass is 10.1. The van der Waals surface area contributed by atoms with Gasteiger partial charge in [-0.1, -0.05) is 0 Å². The lowest BCUT2D eigenvalue weighted by Gasteiger charge is -2.23. The minimum absolute atomic E-state index is 0.0144. The molecule has 6 atom stereocenters.